The van der Waals surface area contributed by atoms with E-state index in [9.17, 15) is 0 Å². The van der Waals surface area contributed by atoms with E-state index in [0.29, 0.717) is 0 Å². The summed E-state index contributed by atoms with van der Waals surface area (Å²) in [5.41, 5.74) is 2.88. The van der Waals surface area contributed by atoms with Gasteiger partial charge in [-0.05, 0) is 38.1 Å². The first-order valence-corrected chi connectivity index (χ1v) is 6.54. The van der Waals surface area contributed by atoms with Crippen molar-refractivity contribution in [3.05, 3.63) is 71.8 Å². The fraction of sp³-hybridized carbons (Fsp3) is 0.188. The van der Waals surface area contributed by atoms with E-state index < -0.39 is 5.00 Å². The highest BCUT2D eigenvalue weighted by molar-refractivity contribution is 6.23. The van der Waals surface area contributed by atoms with Crippen LogP contribution >= 0.6 is 11.6 Å². The van der Waals surface area contributed by atoms with E-state index in [1.807, 2.05) is 74.5 Å². The molecule has 0 spiro atoms. The lowest BCUT2D eigenvalue weighted by atomic mass is 10.0. The number of alkyl halides is 1. The van der Waals surface area contributed by atoms with Gasteiger partial charge in [-0.3, -0.25) is 0 Å². The molecule has 0 atom stereocenters. The van der Waals surface area contributed by atoms with Crippen molar-refractivity contribution in [2.24, 2.45) is 5.11 Å². The van der Waals surface area contributed by atoms with Crippen LogP contribution in [0, 0.1) is 0 Å². The van der Waals surface area contributed by atoms with Gasteiger partial charge < -0.3 is 0 Å². The topological polar surface area (TPSA) is 26.5 Å². The number of benzene rings is 2. The standard InChI is InChI=1S/C16H16ClN2/c1-16(2,17)19-18-15(13-9-5-3-6-10-13)14-11-7-4-8-12-14/h3-12H,1-2H3/q+1. The van der Waals surface area contributed by atoms with E-state index in [0.717, 1.165) is 16.8 Å². The van der Waals surface area contributed by atoms with Gasteiger partial charge in [0.1, 0.15) is 5.11 Å². The zero-order chi connectivity index (χ0) is 13.7. The largest absolute Gasteiger partial charge is 0.379 e. The molecule has 0 aliphatic carbocycles. The number of hydrogen-bond donors (Lipinski definition) is 0. The highest BCUT2D eigenvalue weighted by Crippen LogP contribution is 2.13. The number of nitrogens with zero attached hydrogens (tertiary/aromatic N) is 2. The van der Waals surface area contributed by atoms with Crippen molar-refractivity contribution < 1.29 is 4.79 Å². The summed E-state index contributed by atoms with van der Waals surface area (Å²) in [6.45, 7) is 3.62. The van der Waals surface area contributed by atoms with Crippen LogP contribution in [-0.2, 0) is 0 Å². The Morgan fingerprint density at radius 1 is 0.895 bits per heavy atom. The molecule has 0 fully saturated rings. The Bertz CT molecular complexity index is 550. The molecule has 0 saturated heterocycles. The average molecular weight is 272 g/mol. The lowest BCUT2D eigenvalue weighted by molar-refractivity contribution is -0.101. The second-order valence-electron chi connectivity index (χ2n) is 4.69. The Hall–Kier alpha value is -1.89. The third-order valence-electron chi connectivity index (χ3n) is 2.48. The highest BCUT2D eigenvalue weighted by atomic mass is 35.5. The zero-order valence-electron chi connectivity index (χ0n) is 11.0. The minimum Gasteiger partial charge on any atom is -0.0860 e. The van der Waals surface area contributed by atoms with Crippen molar-refractivity contribution in [1.82, 2.24) is 0 Å². The summed E-state index contributed by atoms with van der Waals surface area (Å²) in [5.74, 6) is 0. The summed E-state index contributed by atoms with van der Waals surface area (Å²) in [4.78, 5) is 3.65. The van der Waals surface area contributed by atoms with Crippen LogP contribution in [0.4, 0.5) is 0 Å². The molecule has 0 heterocycles. The first-order chi connectivity index (χ1) is 9.06. The van der Waals surface area contributed by atoms with Gasteiger partial charge in [0.2, 0.25) is 5.00 Å². The van der Waals surface area contributed by atoms with Crippen LogP contribution in [0.2, 0.25) is 0 Å². The van der Waals surface area contributed by atoms with E-state index in [1.165, 1.54) is 0 Å². The lowest BCUT2D eigenvalue weighted by Crippen LogP contribution is -2.09. The van der Waals surface area contributed by atoms with Gasteiger partial charge in [0.05, 0.1) is 15.9 Å². The van der Waals surface area contributed by atoms with Gasteiger partial charge in [-0.1, -0.05) is 48.0 Å². The first kappa shape index (κ1) is 13.5. The van der Waals surface area contributed by atoms with Crippen molar-refractivity contribution in [1.29, 1.82) is 0 Å². The molecule has 0 aromatic heterocycles. The maximum atomic E-state index is 6.08. The van der Waals surface area contributed by atoms with Gasteiger partial charge in [0.15, 0.2) is 0 Å². The molecule has 2 aromatic rings. The molecule has 0 bridgehead atoms. The second-order valence-corrected chi connectivity index (χ2v) is 5.62. The molecule has 2 aromatic carbocycles. The van der Waals surface area contributed by atoms with E-state index >= 15 is 0 Å². The third kappa shape index (κ3) is 4.06. The molecular weight excluding hydrogens is 256 g/mol. The molecule has 2 nitrogen and oxygen atoms in total. The van der Waals surface area contributed by atoms with Crippen LogP contribution in [-0.4, -0.2) is 15.5 Å². The molecule has 0 amide bonds. The van der Waals surface area contributed by atoms with Gasteiger partial charge in [-0.15, -0.1) is 0 Å². The molecule has 0 aliphatic heterocycles. The van der Waals surface area contributed by atoms with Crippen LogP contribution in [0.3, 0.4) is 0 Å². The van der Waals surface area contributed by atoms with Crippen molar-refractivity contribution in [2.75, 3.05) is 0 Å². The summed E-state index contributed by atoms with van der Waals surface area (Å²) >= 11 is 6.08. The van der Waals surface area contributed by atoms with Crippen LogP contribution in [0.5, 0.6) is 0 Å². The highest BCUT2D eigenvalue weighted by Gasteiger charge is 2.21. The molecule has 19 heavy (non-hydrogen) atoms. The molecular formula is C16H16ClN2+. The molecule has 0 N–H and O–H groups in total. The van der Waals surface area contributed by atoms with Gasteiger partial charge >= 0.3 is 5.71 Å². The fourth-order valence-electron chi connectivity index (χ4n) is 1.64. The fourth-order valence-corrected chi connectivity index (χ4v) is 1.68. The minimum atomic E-state index is -0.700. The summed E-state index contributed by atoms with van der Waals surface area (Å²) in [5, 5.41) is 4.16. The predicted molar refractivity (Wildman–Crippen MR) is 78.7 cm³/mol. The second kappa shape index (κ2) is 5.83. The summed E-state index contributed by atoms with van der Waals surface area (Å²) in [6.07, 6.45) is 0. The van der Waals surface area contributed by atoms with Gasteiger partial charge in [0.25, 0.3) is 0 Å². The van der Waals surface area contributed by atoms with E-state index in [1.54, 1.807) is 0 Å². The summed E-state index contributed by atoms with van der Waals surface area (Å²) in [7, 11) is 0. The Labute approximate surface area is 118 Å². The molecule has 96 valence electrons. The molecule has 0 aliphatic rings. The number of hydrogen-bond acceptors (Lipinski definition) is 1. The van der Waals surface area contributed by atoms with Crippen molar-refractivity contribution in [2.45, 2.75) is 18.8 Å². The van der Waals surface area contributed by atoms with E-state index in [2.05, 4.69) is 9.90 Å². The number of halogens is 1. The third-order valence-corrected chi connectivity index (χ3v) is 2.56. The number of rotatable bonds is 3. The van der Waals surface area contributed by atoms with Crippen LogP contribution in [0.15, 0.2) is 65.8 Å². The molecule has 3 heteroatoms. The van der Waals surface area contributed by atoms with E-state index in [-0.39, 0.29) is 0 Å². The zero-order valence-corrected chi connectivity index (χ0v) is 11.8. The normalized spacial score (nSPS) is 10.7. The Morgan fingerprint density at radius 2 is 1.32 bits per heavy atom. The Morgan fingerprint density at radius 3 is 1.68 bits per heavy atom. The average Bonchev–Trinajstić information content (AvgIpc) is 2.40. The van der Waals surface area contributed by atoms with Crippen molar-refractivity contribution >= 4 is 17.3 Å². The molecule has 0 radical (unpaired) electrons. The molecule has 0 saturated carbocycles. The van der Waals surface area contributed by atoms with Gasteiger partial charge in [-0.2, -0.15) is 0 Å². The van der Waals surface area contributed by atoms with Crippen LogP contribution in [0.25, 0.3) is 0 Å². The monoisotopic (exact) mass is 271 g/mol. The van der Waals surface area contributed by atoms with E-state index in [4.69, 9.17) is 11.6 Å². The Balaban J connectivity index is 2.56. The van der Waals surface area contributed by atoms with Gasteiger partial charge in [0, 0.05) is 0 Å². The van der Waals surface area contributed by atoms with Crippen molar-refractivity contribution in [3.8, 4) is 0 Å². The van der Waals surface area contributed by atoms with Gasteiger partial charge in [-0.25, -0.2) is 0 Å². The van der Waals surface area contributed by atoms with Crippen molar-refractivity contribution in [3.63, 3.8) is 0 Å². The smallest absolute Gasteiger partial charge is 0.0860 e. The van der Waals surface area contributed by atoms with Crippen LogP contribution < -0.4 is 0 Å². The maximum absolute atomic E-state index is 6.08. The predicted octanol–water partition coefficient (Wildman–Crippen LogP) is 4.16. The SMILES string of the molecule is CC(C)(Cl)N=[N+]=C(c1ccccc1)c1ccccc1. The maximum Gasteiger partial charge on any atom is 0.379 e. The summed E-state index contributed by atoms with van der Waals surface area (Å²) < 4.78 is 0. The lowest BCUT2D eigenvalue weighted by Gasteiger charge is -1.97. The molecule has 0 unspecified atom stereocenters. The van der Waals surface area contributed by atoms with Crippen LogP contribution in [0.1, 0.15) is 25.0 Å². The minimum absolute atomic E-state index is 0.700. The quantitative estimate of drug-likeness (QED) is 0.263. The molecule has 2 rings (SSSR count). The summed E-state index contributed by atoms with van der Waals surface area (Å²) in [6, 6.07) is 20.0. The Kier molecular flexibility index (Phi) is 4.16. The first-order valence-electron chi connectivity index (χ1n) is 6.16.